The molecule has 2 aromatic carbocycles. The van der Waals surface area contributed by atoms with Crippen LogP contribution in [0.25, 0.3) is 16.9 Å². The lowest BCUT2D eigenvalue weighted by Gasteiger charge is -2.12. The van der Waals surface area contributed by atoms with Crippen LogP contribution in [0.3, 0.4) is 0 Å². The molecule has 4 aromatic rings. The fourth-order valence-corrected chi connectivity index (χ4v) is 3.29. The molecule has 0 radical (unpaired) electrons. The highest BCUT2D eigenvalue weighted by atomic mass is 32.2. The first-order valence-corrected chi connectivity index (χ1v) is 10.3. The van der Waals surface area contributed by atoms with Gasteiger partial charge in [0.25, 0.3) is 0 Å². The predicted molar refractivity (Wildman–Crippen MR) is 108 cm³/mol. The molecule has 9 nitrogen and oxygen atoms in total. The number of hydrogen-bond donors (Lipinski definition) is 2. The second kappa shape index (κ2) is 7.86. The van der Waals surface area contributed by atoms with Crippen LogP contribution < -0.4 is 15.2 Å². The molecule has 0 fully saturated rings. The van der Waals surface area contributed by atoms with E-state index in [1.165, 1.54) is 12.1 Å². The van der Waals surface area contributed by atoms with Crippen molar-refractivity contribution in [3.63, 3.8) is 0 Å². The number of anilines is 1. The summed E-state index contributed by atoms with van der Waals surface area (Å²) >= 11 is 0. The molecule has 0 amide bonds. The van der Waals surface area contributed by atoms with Crippen LogP contribution in [-0.2, 0) is 10.0 Å². The van der Waals surface area contributed by atoms with Crippen molar-refractivity contribution in [2.45, 2.75) is 4.90 Å². The van der Waals surface area contributed by atoms with Gasteiger partial charge in [-0.2, -0.15) is 4.98 Å². The Balaban J connectivity index is 1.64. The molecule has 0 aliphatic rings. The van der Waals surface area contributed by atoms with Crippen LogP contribution >= 0.6 is 0 Å². The maximum atomic E-state index is 11.7. The van der Waals surface area contributed by atoms with Gasteiger partial charge in [0.2, 0.25) is 16.0 Å². The summed E-state index contributed by atoms with van der Waals surface area (Å²) in [6, 6.07) is 13.9. The summed E-state index contributed by atoms with van der Waals surface area (Å²) in [4.78, 5) is 13.0. The summed E-state index contributed by atoms with van der Waals surface area (Å²) in [6.45, 7) is 0.842. The molecule has 2 heterocycles. The van der Waals surface area contributed by atoms with Crippen LogP contribution in [0.1, 0.15) is 0 Å². The first-order chi connectivity index (χ1) is 14.0. The van der Waals surface area contributed by atoms with Gasteiger partial charge in [0.05, 0.1) is 17.0 Å². The molecular weight excluding hydrogens is 392 g/mol. The van der Waals surface area contributed by atoms with Gasteiger partial charge in [-0.25, -0.2) is 23.5 Å². The number of imidazole rings is 1. The van der Waals surface area contributed by atoms with Crippen molar-refractivity contribution in [1.29, 1.82) is 0 Å². The molecule has 10 heteroatoms. The van der Waals surface area contributed by atoms with E-state index in [2.05, 4.69) is 20.3 Å². The van der Waals surface area contributed by atoms with Crippen molar-refractivity contribution >= 4 is 26.7 Å². The molecule has 4 rings (SSSR count). The maximum absolute atomic E-state index is 11.7. The minimum absolute atomic E-state index is 0.00688. The van der Waals surface area contributed by atoms with Crippen molar-refractivity contribution in [3.05, 3.63) is 67.3 Å². The van der Waals surface area contributed by atoms with E-state index in [0.29, 0.717) is 35.8 Å². The molecule has 3 N–H and O–H groups in total. The third kappa shape index (κ3) is 4.33. The highest BCUT2D eigenvalue weighted by Gasteiger charge is 2.14. The first-order valence-electron chi connectivity index (χ1n) is 8.75. The molecule has 148 valence electrons. The lowest BCUT2D eigenvalue weighted by molar-refractivity contribution is 0.333. The minimum atomic E-state index is -3.85. The number of fused-ring (bicyclic) bond motifs is 1. The molecule has 0 aliphatic heterocycles. The van der Waals surface area contributed by atoms with Gasteiger partial charge in [-0.15, -0.1) is 0 Å². The SMILES string of the molecule is NS(=O)(=O)c1ccc2nc(-n3ccnc3)nc(NCCOc3ccccc3)c2c1. The molecule has 0 atom stereocenters. The Kier molecular flexibility index (Phi) is 5.10. The Morgan fingerprint density at radius 1 is 1.10 bits per heavy atom. The van der Waals surface area contributed by atoms with E-state index in [1.807, 2.05) is 30.3 Å². The van der Waals surface area contributed by atoms with Crippen LogP contribution in [0, 0.1) is 0 Å². The van der Waals surface area contributed by atoms with Gasteiger partial charge in [-0.05, 0) is 30.3 Å². The monoisotopic (exact) mass is 410 g/mol. The summed E-state index contributed by atoms with van der Waals surface area (Å²) in [5, 5.41) is 9.00. The summed E-state index contributed by atoms with van der Waals surface area (Å²) < 4.78 is 30.8. The van der Waals surface area contributed by atoms with Gasteiger partial charge >= 0.3 is 0 Å². The molecule has 0 saturated carbocycles. The molecule has 2 aromatic heterocycles. The lowest BCUT2D eigenvalue weighted by atomic mass is 10.2. The number of ether oxygens (including phenoxy) is 1. The number of nitrogens with one attached hydrogen (secondary N) is 1. The zero-order chi connectivity index (χ0) is 20.3. The minimum Gasteiger partial charge on any atom is -0.492 e. The Morgan fingerprint density at radius 3 is 2.66 bits per heavy atom. The van der Waals surface area contributed by atoms with Crippen molar-refractivity contribution in [1.82, 2.24) is 19.5 Å². The number of sulfonamides is 1. The van der Waals surface area contributed by atoms with E-state index < -0.39 is 10.0 Å². The average molecular weight is 410 g/mol. The van der Waals surface area contributed by atoms with E-state index in [0.717, 1.165) is 5.75 Å². The van der Waals surface area contributed by atoms with Gasteiger partial charge in [0.1, 0.15) is 24.5 Å². The summed E-state index contributed by atoms with van der Waals surface area (Å²) in [5.74, 6) is 1.64. The van der Waals surface area contributed by atoms with Gasteiger partial charge in [-0.1, -0.05) is 18.2 Å². The lowest BCUT2D eigenvalue weighted by Crippen LogP contribution is -2.15. The zero-order valence-electron chi connectivity index (χ0n) is 15.3. The number of nitrogens with two attached hydrogens (primary N) is 1. The van der Waals surface area contributed by atoms with Crippen LogP contribution in [-0.4, -0.2) is 41.1 Å². The van der Waals surface area contributed by atoms with E-state index in [1.54, 1.807) is 29.4 Å². The largest absolute Gasteiger partial charge is 0.492 e. The van der Waals surface area contributed by atoms with Crippen LogP contribution in [0.5, 0.6) is 5.75 Å². The van der Waals surface area contributed by atoms with Gasteiger partial charge in [0.15, 0.2) is 0 Å². The topological polar surface area (TPSA) is 125 Å². The molecule has 0 spiro atoms. The van der Waals surface area contributed by atoms with E-state index >= 15 is 0 Å². The Bertz CT molecular complexity index is 1230. The van der Waals surface area contributed by atoms with E-state index in [9.17, 15) is 8.42 Å². The van der Waals surface area contributed by atoms with E-state index in [-0.39, 0.29) is 4.90 Å². The third-order valence-corrected chi connectivity index (χ3v) is 5.04. The van der Waals surface area contributed by atoms with Gasteiger partial charge in [-0.3, -0.25) is 4.57 Å². The number of rotatable bonds is 7. The molecule has 0 bridgehead atoms. The normalized spacial score (nSPS) is 11.5. The number of primary sulfonamides is 1. The van der Waals surface area contributed by atoms with Crippen LogP contribution in [0.2, 0.25) is 0 Å². The summed E-state index contributed by atoms with van der Waals surface area (Å²) in [6.07, 6.45) is 4.93. The maximum Gasteiger partial charge on any atom is 0.238 e. The smallest absolute Gasteiger partial charge is 0.238 e. The van der Waals surface area contributed by atoms with Crippen molar-refractivity contribution in [3.8, 4) is 11.7 Å². The van der Waals surface area contributed by atoms with Crippen molar-refractivity contribution in [2.24, 2.45) is 5.14 Å². The van der Waals surface area contributed by atoms with Crippen LogP contribution in [0.4, 0.5) is 5.82 Å². The molecular formula is C19H18N6O3S. The molecule has 29 heavy (non-hydrogen) atoms. The highest BCUT2D eigenvalue weighted by Crippen LogP contribution is 2.24. The number of para-hydroxylation sites is 1. The van der Waals surface area contributed by atoms with Crippen LogP contribution in [0.15, 0.2) is 72.1 Å². The second-order valence-electron chi connectivity index (χ2n) is 6.15. The number of hydrogen-bond acceptors (Lipinski definition) is 7. The number of aromatic nitrogens is 4. The Hall–Kier alpha value is -3.50. The van der Waals surface area contributed by atoms with Gasteiger partial charge < -0.3 is 10.1 Å². The fourth-order valence-electron chi connectivity index (χ4n) is 2.75. The zero-order valence-corrected chi connectivity index (χ0v) is 16.1. The molecule has 0 saturated heterocycles. The first kappa shape index (κ1) is 18.8. The quantitative estimate of drug-likeness (QED) is 0.446. The van der Waals surface area contributed by atoms with Crippen molar-refractivity contribution in [2.75, 3.05) is 18.5 Å². The molecule has 0 aliphatic carbocycles. The standard InChI is InChI=1S/C19H18N6O3S/c20-29(26,27)15-6-7-17-16(12-15)18(24-19(23-17)25-10-8-21-13-25)22-9-11-28-14-4-2-1-3-5-14/h1-8,10,12-13H,9,11H2,(H2,20,26,27)(H,22,23,24). The Labute approximate surface area is 167 Å². The highest BCUT2D eigenvalue weighted by molar-refractivity contribution is 7.89. The summed E-state index contributed by atoms with van der Waals surface area (Å²) in [7, 11) is -3.85. The second-order valence-corrected chi connectivity index (χ2v) is 7.72. The fraction of sp³-hybridized carbons (Fsp3) is 0.105. The molecule has 0 unspecified atom stereocenters. The number of benzene rings is 2. The van der Waals surface area contributed by atoms with Gasteiger partial charge in [0, 0.05) is 17.8 Å². The van der Waals surface area contributed by atoms with Crippen molar-refractivity contribution < 1.29 is 13.2 Å². The predicted octanol–water partition coefficient (Wildman–Crippen LogP) is 1.95. The average Bonchev–Trinajstić information content (AvgIpc) is 3.25. The summed E-state index contributed by atoms with van der Waals surface area (Å²) in [5.41, 5.74) is 0.572. The third-order valence-electron chi connectivity index (χ3n) is 4.13. The number of nitrogens with zero attached hydrogens (tertiary/aromatic N) is 4. The Morgan fingerprint density at radius 2 is 1.93 bits per heavy atom. The van der Waals surface area contributed by atoms with E-state index in [4.69, 9.17) is 9.88 Å².